The molecule has 54 heavy (non-hydrogen) atoms. The minimum atomic E-state index is -1.17. The Bertz CT molecular complexity index is 1700. The van der Waals surface area contributed by atoms with Crippen molar-refractivity contribution in [3.63, 3.8) is 0 Å². The van der Waals surface area contributed by atoms with E-state index in [1.54, 1.807) is 20.0 Å². The Morgan fingerprint density at radius 2 is 1.65 bits per heavy atom. The summed E-state index contributed by atoms with van der Waals surface area (Å²) in [5.41, 5.74) is 0.618. The molecule has 0 radical (unpaired) electrons. The van der Waals surface area contributed by atoms with E-state index >= 15 is 0 Å². The van der Waals surface area contributed by atoms with E-state index in [0.717, 1.165) is 62.6 Å². The van der Waals surface area contributed by atoms with Crippen LogP contribution in [0.2, 0.25) is 5.02 Å². The van der Waals surface area contributed by atoms with Gasteiger partial charge in [0.05, 0.1) is 34.2 Å². The van der Waals surface area contributed by atoms with Gasteiger partial charge in [0.1, 0.15) is 6.10 Å². The molecule has 1 heterocycles. The molecule has 0 spiro atoms. The van der Waals surface area contributed by atoms with E-state index in [1.807, 2.05) is 12.1 Å². The molecule has 4 saturated carbocycles. The maximum Gasteiger partial charge on any atom is 0.309 e. The standard InChI is InChI=1S/C45H67ClN2O6/c1-26(2)36-29(49)22-45(33(50)25-48-41(7,8)32-15-12-27(46)24-47-32)21-20-43(10)28(37(36)45)13-14-31-42(9)18-17-34(54-35(51)23-39(3,4)38(52)53)40(5,6)30(42)16-19-44(31,43)11/h12,15,24,26,28,30-31,33-34,48,50H,13-14,16-23,25H2,1-11H3,(H,52,53)/t28-,30?,31-,33?,34+,42+,43-,44-,45+/m1/s1. The molecule has 9 heteroatoms. The number of halogens is 1. The van der Waals surface area contributed by atoms with Crippen molar-refractivity contribution >= 4 is 29.3 Å². The summed E-state index contributed by atoms with van der Waals surface area (Å²) in [6.45, 7) is 24.1. The van der Waals surface area contributed by atoms with Gasteiger partial charge in [-0.1, -0.05) is 65.6 Å². The number of aliphatic hydroxyl groups excluding tert-OH is 1. The van der Waals surface area contributed by atoms with Crippen LogP contribution in [0.4, 0.5) is 0 Å². The lowest BCUT2D eigenvalue weighted by Gasteiger charge is -2.72. The normalized spacial score (nSPS) is 36.9. The van der Waals surface area contributed by atoms with E-state index in [-0.39, 0.29) is 51.8 Å². The van der Waals surface area contributed by atoms with E-state index in [1.165, 1.54) is 5.57 Å². The first-order valence-electron chi connectivity index (χ1n) is 20.6. The molecule has 1 aromatic rings. The van der Waals surface area contributed by atoms with Gasteiger partial charge in [0, 0.05) is 30.0 Å². The largest absolute Gasteiger partial charge is 0.481 e. The van der Waals surface area contributed by atoms with Gasteiger partial charge >= 0.3 is 11.9 Å². The van der Waals surface area contributed by atoms with Gasteiger partial charge in [-0.3, -0.25) is 19.4 Å². The third-order valence-corrected chi connectivity index (χ3v) is 16.8. The SMILES string of the molecule is CC(C)C1=C2[C@H]3CC[C@@H]4[C@@]5(C)CC[C@H](OC(=O)CC(C)(C)C(=O)O)C(C)(C)C5CC[C@@]4(C)[C@]3(C)CC[C@@]2(C(O)CNC(C)(C)c2ccc(Cl)cn2)CC1=O. The van der Waals surface area contributed by atoms with Crippen molar-refractivity contribution in [2.75, 3.05) is 6.54 Å². The number of nitrogens with one attached hydrogen (secondary N) is 1. The molecule has 0 aliphatic heterocycles. The number of hydrogen-bond donors (Lipinski definition) is 3. The Labute approximate surface area is 329 Å². The molecule has 5 aliphatic carbocycles. The molecule has 3 N–H and O–H groups in total. The van der Waals surface area contributed by atoms with Crippen molar-refractivity contribution < 1.29 is 29.3 Å². The number of carboxylic acids is 1. The van der Waals surface area contributed by atoms with Crippen LogP contribution in [0.1, 0.15) is 146 Å². The van der Waals surface area contributed by atoms with Gasteiger partial charge in [0.15, 0.2) is 5.78 Å². The summed E-state index contributed by atoms with van der Waals surface area (Å²) in [4.78, 5) is 43.6. The number of aliphatic carboxylic acids is 1. The van der Waals surface area contributed by atoms with Crippen molar-refractivity contribution in [1.82, 2.24) is 10.3 Å². The van der Waals surface area contributed by atoms with Crippen molar-refractivity contribution in [3.05, 3.63) is 40.2 Å². The lowest BCUT2D eigenvalue weighted by Crippen LogP contribution is -2.66. The second-order valence-corrected chi connectivity index (χ2v) is 21.4. The third-order valence-electron chi connectivity index (χ3n) is 16.6. The molecule has 0 amide bonds. The molecule has 6 rings (SSSR count). The van der Waals surface area contributed by atoms with E-state index in [9.17, 15) is 24.6 Å². The number of ether oxygens (including phenoxy) is 1. The van der Waals surface area contributed by atoms with Crippen LogP contribution in [0, 0.1) is 56.2 Å². The molecule has 0 saturated heterocycles. The first-order chi connectivity index (χ1) is 24.9. The second kappa shape index (κ2) is 13.7. The molecule has 8 nitrogen and oxygen atoms in total. The molecule has 2 unspecified atom stereocenters. The fourth-order valence-corrected chi connectivity index (χ4v) is 13.4. The number of pyridine rings is 1. The van der Waals surface area contributed by atoms with Crippen LogP contribution in [0.25, 0.3) is 0 Å². The predicted octanol–water partition coefficient (Wildman–Crippen LogP) is 9.31. The number of aromatic nitrogens is 1. The van der Waals surface area contributed by atoms with Crippen LogP contribution in [0.5, 0.6) is 0 Å². The summed E-state index contributed by atoms with van der Waals surface area (Å²) in [7, 11) is 0. The zero-order valence-corrected chi connectivity index (χ0v) is 35.6. The van der Waals surface area contributed by atoms with Crippen LogP contribution in [0.15, 0.2) is 29.5 Å². The summed E-state index contributed by atoms with van der Waals surface area (Å²) in [6.07, 6.45) is 8.59. The molecule has 4 fully saturated rings. The molecule has 9 atom stereocenters. The topological polar surface area (TPSA) is 126 Å². The Kier molecular flexibility index (Phi) is 10.5. The number of rotatable bonds is 10. The maximum absolute atomic E-state index is 14.1. The van der Waals surface area contributed by atoms with Gasteiger partial charge in [-0.15, -0.1) is 0 Å². The Balaban J connectivity index is 1.27. The van der Waals surface area contributed by atoms with Crippen molar-refractivity contribution in [1.29, 1.82) is 0 Å². The Morgan fingerprint density at radius 3 is 2.26 bits per heavy atom. The molecule has 0 aromatic carbocycles. The first kappa shape index (κ1) is 41.3. The minimum Gasteiger partial charge on any atom is -0.481 e. The summed E-state index contributed by atoms with van der Waals surface area (Å²) in [6, 6.07) is 3.76. The van der Waals surface area contributed by atoms with Crippen LogP contribution in [-0.2, 0) is 24.7 Å². The molecule has 1 aromatic heterocycles. The number of hydrogen-bond acceptors (Lipinski definition) is 7. The number of carbonyl (C=O) groups is 3. The van der Waals surface area contributed by atoms with Crippen LogP contribution in [-0.4, -0.2) is 51.7 Å². The summed E-state index contributed by atoms with van der Waals surface area (Å²) in [5, 5.41) is 26.2. The van der Waals surface area contributed by atoms with Crippen LogP contribution < -0.4 is 5.32 Å². The lowest BCUT2D eigenvalue weighted by atomic mass is 9.33. The van der Waals surface area contributed by atoms with Crippen molar-refractivity contribution in [3.8, 4) is 0 Å². The van der Waals surface area contributed by atoms with Gasteiger partial charge in [0.25, 0.3) is 0 Å². The monoisotopic (exact) mass is 766 g/mol. The summed E-state index contributed by atoms with van der Waals surface area (Å²) in [5.74, 6) is -0.0675. The zero-order valence-electron chi connectivity index (χ0n) is 34.8. The lowest BCUT2D eigenvalue weighted by molar-refractivity contribution is -0.235. The van der Waals surface area contributed by atoms with E-state index in [0.29, 0.717) is 29.8 Å². The number of allylic oxidation sites excluding steroid dienone is 1. The number of nitrogens with zero attached hydrogens (tertiary/aromatic N) is 1. The van der Waals surface area contributed by atoms with Gasteiger partial charge in [-0.05, 0) is 137 Å². The highest BCUT2D eigenvalue weighted by Crippen LogP contribution is 2.77. The van der Waals surface area contributed by atoms with E-state index < -0.39 is 34.4 Å². The van der Waals surface area contributed by atoms with Crippen LogP contribution >= 0.6 is 11.6 Å². The van der Waals surface area contributed by atoms with Crippen molar-refractivity contribution in [2.45, 2.75) is 158 Å². The highest BCUT2D eigenvalue weighted by Gasteiger charge is 2.70. The number of Topliss-reactive ketones (excluding diaryl/α,β-unsaturated/α-hetero) is 1. The average Bonchev–Trinajstić information content (AvgIpc) is 3.38. The number of carboxylic acid groups (broad SMARTS) is 1. The quantitative estimate of drug-likeness (QED) is 0.201. The maximum atomic E-state index is 14.1. The van der Waals surface area contributed by atoms with E-state index in [4.69, 9.17) is 16.3 Å². The Hall–Kier alpha value is -2.29. The zero-order chi connectivity index (χ0) is 40.0. The third kappa shape index (κ3) is 6.31. The molecule has 300 valence electrons. The summed E-state index contributed by atoms with van der Waals surface area (Å²) < 4.78 is 6.17. The smallest absolute Gasteiger partial charge is 0.309 e. The average molecular weight is 767 g/mol. The predicted molar refractivity (Wildman–Crippen MR) is 212 cm³/mol. The highest BCUT2D eigenvalue weighted by atomic mass is 35.5. The van der Waals surface area contributed by atoms with Gasteiger partial charge in [-0.2, -0.15) is 0 Å². The fourth-order valence-electron chi connectivity index (χ4n) is 13.3. The van der Waals surface area contributed by atoms with Gasteiger partial charge in [-0.25, -0.2) is 0 Å². The van der Waals surface area contributed by atoms with Gasteiger partial charge in [0.2, 0.25) is 0 Å². The fraction of sp³-hybridized carbons (Fsp3) is 0.778. The number of fused-ring (bicyclic) bond motifs is 7. The number of esters is 1. The number of carbonyl (C=O) groups excluding carboxylic acids is 2. The van der Waals surface area contributed by atoms with Crippen molar-refractivity contribution in [2.24, 2.45) is 56.2 Å². The Morgan fingerprint density at radius 1 is 0.963 bits per heavy atom. The highest BCUT2D eigenvalue weighted by molar-refractivity contribution is 6.30. The van der Waals surface area contributed by atoms with Crippen LogP contribution in [0.3, 0.4) is 0 Å². The minimum absolute atomic E-state index is 0.0323. The number of ketones is 1. The molecular formula is C45H67ClN2O6. The molecule has 5 aliphatic rings. The second-order valence-electron chi connectivity index (χ2n) is 20.9. The molecule has 0 bridgehead atoms. The number of aliphatic hydroxyl groups is 1. The summed E-state index contributed by atoms with van der Waals surface area (Å²) >= 11 is 6.13. The molecular weight excluding hydrogens is 700 g/mol. The van der Waals surface area contributed by atoms with E-state index in [2.05, 4.69) is 72.6 Å². The van der Waals surface area contributed by atoms with Gasteiger partial charge < -0.3 is 20.3 Å². The first-order valence-corrected chi connectivity index (χ1v) is 21.0.